The van der Waals surface area contributed by atoms with Crippen LogP contribution in [0.15, 0.2) is 76.0 Å². The van der Waals surface area contributed by atoms with Crippen LogP contribution in [0.1, 0.15) is 6.42 Å². The van der Waals surface area contributed by atoms with Gasteiger partial charge in [-0.1, -0.05) is 18.2 Å². The Labute approximate surface area is 172 Å². The molecule has 0 fully saturated rings. The van der Waals surface area contributed by atoms with Gasteiger partial charge in [-0.15, -0.1) is 11.3 Å². The minimum Gasteiger partial charge on any atom is -0.326 e. The molecular formula is C18H17N3O5S3. The number of carbonyl (C=O) groups is 1. The summed E-state index contributed by atoms with van der Waals surface area (Å²) in [6, 6.07) is 13.4. The molecule has 0 saturated heterocycles. The minimum absolute atomic E-state index is 0.0114. The number of carbonyl (C=O) groups excluding carboxylic acids is 1. The fraction of sp³-hybridized carbons (Fsp3) is 0.111. The van der Waals surface area contributed by atoms with E-state index in [9.17, 15) is 21.6 Å². The number of rotatable bonds is 8. The number of sulfone groups is 1. The molecule has 0 spiro atoms. The van der Waals surface area contributed by atoms with Crippen LogP contribution in [0.4, 0.5) is 10.8 Å². The van der Waals surface area contributed by atoms with Gasteiger partial charge in [0.1, 0.15) is 0 Å². The highest BCUT2D eigenvalue weighted by Crippen LogP contribution is 2.20. The Morgan fingerprint density at radius 1 is 0.931 bits per heavy atom. The minimum atomic E-state index is -3.78. The number of aromatic nitrogens is 1. The summed E-state index contributed by atoms with van der Waals surface area (Å²) in [4.78, 5) is 16.1. The Morgan fingerprint density at radius 3 is 2.24 bits per heavy atom. The van der Waals surface area contributed by atoms with Gasteiger partial charge in [0.2, 0.25) is 5.91 Å². The predicted octanol–water partition coefficient (Wildman–Crippen LogP) is 2.75. The monoisotopic (exact) mass is 451 g/mol. The summed E-state index contributed by atoms with van der Waals surface area (Å²) < 4.78 is 51.4. The van der Waals surface area contributed by atoms with Crippen molar-refractivity contribution in [3.63, 3.8) is 0 Å². The molecule has 0 saturated carbocycles. The molecule has 0 aliphatic carbocycles. The summed E-state index contributed by atoms with van der Waals surface area (Å²) >= 11 is 1.15. The molecule has 1 heterocycles. The van der Waals surface area contributed by atoms with E-state index in [1.807, 2.05) is 0 Å². The molecule has 11 heteroatoms. The zero-order valence-corrected chi connectivity index (χ0v) is 17.4. The summed E-state index contributed by atoms with van der Waals surface area (Å²) in [7, 11) is -7.33. The van der Waals surface area contributed by atoms with Crippen LogP contribution in [0, 0.1) is 0 Å². The standard InChI is InChI=1S/C18H17N3O5S3/c22-17(10-13-28(23,24)15-4-2-1-3-5-15)20-14-6-8-16(9-7-14)29(25,26)21-18-19-11-12-27-18/h1-9,11-12H,10,13H2,(H,19,21)(H,20,22). The van der Waals surface area contributed by atoms with Gasteiger partial charge in [-0.05, 0) is 36.4 Å². The lowest BCUT2D eigenvalue weighted by Gasteiger charge is -2.08. The predicted molar refractivity (Wildman–Crippen MR) is 111 cm³/mol. The van der Waals surface area contributed by atoms with E-state index in [-0.39, 0.29) is 27.1 Å². The Balaban J connectivity index is 1.59. The van der Waals surface area contributed by atoms with Gasteiger partial charge in [0.15, 0.2) is 15.0 Å². The van der Waals surface area contributed by atoms with Crippen LogP contribution in [0.5, 0.6) is 0 Å². The first kappa shape index (κ1) is 21.0. The molecule has 0 atom stereocenters. The van der Waals surface area contributed by atoms with Crippen molar-refractivity contribution in [2.75, 3.05) is 15.8 Å². The smallest absolute Gasteiger partial charge is 0.263 e. The Morgan fingerprint density at radius 2 is 1.62 bits per heavy atom. The first-order valence-electron chi connectivity index (χ1n) is 8.36. The number of nitrogens with one attached hydrogen (secondary N) is 2. The zero-order chi connectivity index (χ0) is 20.9. The van der Waals surface area contributed by atoms with Crippen molar-refractivity contribution in [2.45, 2.75) is 16.2 Å². The molecule has 152 valence electrons. The fourth-order valence-corrected chi connectivity index (χ4v) is 5.41. The molecule has 0 aliphatic rings. The molecule has 29 heavy (non-hydrogen) atoms. The van der Waals surface area contributed by atoms with Crippen LogP contribution in [-0.2, 0) is 24.7 Å². The SMILES string of the molecule is O=C(CCS(=O)(=O)c1ccccc1)Nc1ccc(S(=O)(=O)Nc2nccs2)cc1. The number of thiazole rings is 1. The van der Waals surface area contributed by atoms with E-state index in [0.717, 1.165) is 11.3 Å². The normalized spacial score (nSPS) is 11.7. The van der Waals surface area contributed by atoms with Crippen molar-refractivity contribution in [1.82, 2.24) is 4.98 Å². The van der Waals surface area contributed by atoms with Gasteiger partial charge in [-0.3, -0.25) is 9.52 Å². The lowest BCUT2D eigenvalue weighted by atomic mass is 10.3. The first-order valence-corrected chi connectivity index (χ1v) is 12.4. The molecule has 8 nitrogen and oxygen atoms in total. The first-order chi connectivity index (χ1) is 13.8. The molecule has 2 N–H and O–H groups in total. The maximum atomic E-state index is 12.3. The van der Waals surface area contributed by atoms with Gasteiger partial charge in [-0.25, -0.2) is 21.8 Å². The Kier molecular flexibility index (Phi) is 6.30. The second-order valence-corrected chi connectivity index (χ2v) is 10.6. The molecule has 1 aromatic heterocycles. The second kappa shape index (κ2) is 8.72. The van der Waals surface area contributed by atoms with E-state index in [0.29, 0.717) is 5.69 Å². The van der Waals surface area contributed by atoms with Crippen molar-refractivity contribution < 1.29 is 21.6 Å². The highest BCUT2D eigenvalue weighted by atomic mass is 32.2. The van der Waals surface area contributed by atoms with Crippen molar-refractivity contribution in [2.24, 2.45) is 0 Å². The largest absolute Gasteiger partial charge is 0.326 e. The van der Waals surface area contributed by atoms with Crippen LogP contribution in [0.3, 0.4) is 0 Å². The van der Waals surface area contributed by atoms with Crippen molar-refractivity contribution >= 4 is 47.9 Å². The van der Waals surface area contributed by atoms with Gasteiger partial charge >= 0.3 is 0 Å². The maximum absolute atomic E-state index is 12.3. The highest BCUT2D eigenvalue weighted by molar-refractivity contribution is 7.93. The number of anilines is 2. The summed E-state index contributed by atoms with van der Waals surface area (Å²) in [6.45, 7) is 0. The van der Waals surface area contributed by atoms with Gasteiger partial charge in [0.05, 0.1) is 15.5 Å². The molecule has 3 rings (SSSR count). The van der Waals surface area contributed by atoms with Crippen molar-refractivity contribution in [3.05, 3.63) is 66.2 Å². The molecule has 0 aliphatic heterocycles. The zero-order valence-electron chi connectivity index (χ0n) is 15.0. The van der Waals surface area contributed by atoms with E-state index in [4.69, 9.17) is 0 Å². The molecular weight excluding hydrogens is 434 g/mol. The quantitative estimate of drug-likeness (QED) is 0.543. The number of hydrogen-bond donors (Lipinski definition) is 2. The van der Waals surface area contributed by atoms with E-state index >= 15 is 0 Å². The fourth-order valence-electron chi connectivity index (χ4n) is 2.36. The number of sulfonamides is 1. The third-order valence-corrected chi connectivity index (χ3v) is 7.71. The topological polar surface area (TPSA) is 122 Å². The number of nitrogens with zero attached hydrogens (tertiary/aromatic N) is 1. The van der Waals surface area contributed by atoms with Crippen molar-refractivity contribution in [1.29, 1.82) is 0 Å². The van der Waals surface area contributed by atoms with Gasteiger partial charge in [0.25, 0.3) is 10.0 Å². The molecule has 0 unspecified atom stereocenters. The number of benzene rings is 2. The van der Waals surface area contributed by atoms with Crippen LogP contribution in [-0.4, -0.2) is 33.5 Å². The summed E-state index contributed by atoms with van der Waals surface area (Å²) in [5, 5.41) is 4.46. The van der Waals surface area contributed by atoms with Crippen LogP contribution in [0.25, 0.3) is 0 Å². The van der Waals surface area contributed by atoms with Gasteiger partial charge in [0, 0.05) is 23.7 Å². The lowest BCUT2D eigenvalue weighted by molar-refractivity contribution is -0.115. The third kappa shape index (κ3) is 5.62. The Hall–Kier alpha value is -2.76. The van der Waals surface area contributed by atoms with Gasteiger partial charge < -0.3 is 5.32 Å². The summed E-state index contributed by atoms with van der Waals surface area (Å²) in [5.74, 6) is -0.812. The summed E-state index contributed by atoms with van der Waals surface area (Å²) in [6.07, 6.45) is 1.27. The third-order valence-electron chi connectivity index (χ3n) is 3.80. The second-order valence-electron chi connectivity index (χ2n) is 5.90. The highest BCUT2D eigenvalue weighted by Gasteiger charge is 2.17. The average molecular weight is 452 g/mol. The molecule has 0 bridgehead atoms. The van der Waals surface area contributed by atoms with E-state index < -0.39 is 25.8 Å². The molecule has 2 aromatic carbocycles. The Bertz CT molecular complexity index is 1180. The van der Waals surface area contributed by atoms with E-state index in [1.165, 1.54) is 42.6 Å². The van der Waals surface area contributed by atoms with Crippen molar-refractivity contribution in [3.8, 4) is 0 Å². The molecule has 3 aromatic rings. The molecule has 0 radical (unpaired) electrons. The number of amides is 1. The lowest BCUT2D eigenvalue weighted by Crippen LogP contribution is -2.17. The van der Waals surface area contributed by atoms with E-state index in [2.05, 4.69) is 15.0 Å². The van der Waals surface area contributed by atoms with Crippen LogP contribution < -0.4 is 10.0 Å². The number of hydrogen-bond acceptors (Lipinski definition) is 7. The molecule has 1 amide bonds. The average Bonchev–Trinajstić information content (AvgIpc) is 3.20. The maximum Gasteiger partial charge on any atom is 0.263 e. The van der Waals surface area contributed by atoms with Crippen LogP contribution >= 0.6 is 11.3 Å². The van der Waals surface area contributed by atoms with Crippen LogP contribution in [0.2, 0.25) is 0 Å². The van der Waals surface area contributed by atoms with E-state index in [1.54, 1.807) is 23.6 Å². The van der Waals surface area contributed by atoms with Gasteiger partial charge in [-0.2, -0.15) is 0 Å². The summed E-state index contributed by atoms with van der Waals surface area (Å²) in [5.41, 5.74) is 0.361.